The summed E-state index contributed by atoms with van der Waals surface area (Å²) < 4.78 is 19.0. The van der Waals surface area contributed by atoms with E-state index in [1.54, 1.807) is 24.0 Å². The summed E-state index contributed by atoms with van der Waals surface area (Å²) in [5.41, 5.74) is 1.34. The van der Waals surface area contributed by atoms with Crippen molar-refractivity contribution in [1.29, 1.82) is 0 Å². The number of H-pyrrole nitrogens is 2. The Hall–Kier alpha value is -3.00. The van der Waals surface area contributed by atoms with Gasteiger partial charge in [0, 0.05) is 23.5 Å². The van der Waals surface area contributed by atoms with E-state index < -0.39 is 6.10 Å². The second kappa shape index (κ2) is 6.38. The maximum atomic E-state index is 13.3. The molecule has 3 aromatic rings. The molecule has 3 heterocycles. The average molecular weight is 356 g/mol. The van der Waals surface area contributed by atoms with Crippen molar-refractivity contribution in [2.24, 2.45) is 0 Å². The summed E-state index contributed by atoms with van der Waals surface area (Å²) in [5.74, 6) is -0.0497. The number of halogens is 1. The molecule has 1 amide bonds. The molecule has 0 bridgehead atoms. The summed E-state index contributed by atoms with van der Waals surface area (Å²) in [6, 6.07) is 7.36. The summed E-state index contributed by atoms with van der Waals surface area (Å²) in [6.07, 6.45) is -0.462. The fourth-order valence-corrected chi connectivity index (χ4v) is 3.17. The standard InChI is InChI=1S/C18H17FN4O3/c1-10-20-14(8-17(24)21-10)16-9-23(4-5-26-16)18(25)15-7-11-6-12(19)2-3-13(11)22-15/h2-3,6-8,16,22H,4-5,9H2,1H3,(H,20,21,24). The highest BCUT2D eigenvalue weighted by Crippen LogP contribution is 2.23. The normalized spacial score (nSPS) is 17.6. The molecule has 1 aliphatic rings. The van der Waals surface area contributed by atoms with Gasteiger partial charge in [0.25, 0.3) is 11.5 Å². The summed E-state index contributed by atoms with van der Waals surface area (Å²) in [6.45, 7) is 2.76. The molecule has 1 fully saturated rings. The minimum absolute atomic E-state index is 0.198. The predicted molar refractivity (Wildman–Crippen MR) is 92.4 cm³/mol. The van der Waals surface area contributed by atoms with Gasteiger partial charge in [-0.15, -0.1) is 0 Å². The molecular formula is C18H17FN4O3. The number of fused-ring (bicyclic) bond motifs is 1. The van der Waals surface area contributed by atoms with Crippen molar-refractivity contribution in [1.82, 2.24) is 19.9 Å². The van der Waals surface area contributed by atoms with Crippen molar-refractivity contribution in [3.05, 3.63) is 63.7 Å². The average Bonchev–Trinajstić information content (AvgIpc) is 3.03. The van der Waals surface area contributed by atoms with Gasteiger partial charge in [-0.05, 0) is 31.2 Å². The molecule has 7 nitrogen and oxygen atoms in total. The molecule has 0 saturated carbocycles. The van der Waals surface area contributed by atoms with Crippen LogP contribution in [0.3, 0.4) is 0 Å². The number of rotatable bonds is 2. The van der Waals surface area contributed by atoms with Crippen LogP contribution in [0.4, 0.5) is 4.39 Å². The topological polar surface area (TPSA) is 91.1 Å². The van der Waals surface area contributed by atoms with Gasteiger partial charge in [-0.2, -0.15) is 0 Å². The quantitative estimate of drug-likeness (QED) is 0.734. The Balaban J connectivity index is 1.58. The Morgan fingerprint density at radius 3 is 2.96 bits per heavy atom. The fourth-order valence-electron chi connectivity index (χ4n) is 3.17. The van der Waals surface area contributed by atoms with Crippen LogP contribution in [0.5, 0.6) is 0 Å². The summed E-state index contributed by atoms with van der Waals surface area (Å²) in [4.78, 5) is 36.0. The van der Waals surface area contributed by atoms with Gasteiger partial charge in [-0.1, -0.05) is 0 Å². The maximum absolute atomic E-state index is 13.3. The van der Waals surface area contributed by atoms with Crippen LogP contribution in [0, 0.1) is 12.7 Å². The SMILES string of the molecule is Cc1nc(C2CN(C(=O)c3cc4cc(F)ccc4[nH]3)CCO2)cc(=O)[nH]1. The molecular weight excluding hydrogens is 339 g/mol. The first-order valence-electron chi connectivity index (χ1n) is 8.26. The largest absolute Gasteiger partial charge is 0.368 e. The molecule has 1 unspecified atom stereocenters. The van der Waals surface area contributed by atoms with Gasteiger partial charge >= 0.3 is 0 Å². The molecule has 1 aromatic carbocycles. The Morgan fingerprint density at radius 1 is 1.31 bits per heavy atom. The lowest BCUT2D eigenvalue weighted by molar-refractivity contribution is -0.0250. The van der Waals surface area contributed by atoms with Gasteiger partial charge in [-0.25, -0.2) is 9.37 Å². The Labute approximate surface area is 147 Å². The zero-order chi connectivity index (χ0) is 18.3. The van der Waals surface area contributed by atoms with Gasteiger partial charge in [0.1, 0.15) is 23.4 Å². The molecule has 0 spiro atoms. The molecule has 4 rings (SSSR count). The van der Waals surface area contributed by atoms with E-state index in [0.29, 0.717) is 47.8 Å². The van der Waals surface area contributed by atoms with E-state index in [2.05, 4.69) is 15.0 Å². The monoisotopic (exact) mass is 356 g/mol. The molecule has 0 aliphatic carbocycles. The predicted octanol–water partition coefficient (Wildman–Crippen LogP) is 1.91. The number of carbonyl (C=O) groups is 1. The van der Waals surface area contributed by atoms with Crippen LogP contribution in [0.25, 0.3) is 10.9 Å². The molecule has 2 aromatic heterocycles. The van der Waals surface area contributed by atoms with Crippen molar-refractivity contribution in [2.75, 3.05) is 19.7 Å². The van der Waals surface area contributed by atoms with E-state index in [-0.39, 0.29) is 17.3 Å². The van der Waals surface area contributed by atoms with E-state index >= 15 is 0 Å². The van der Waals surface area contributed by atoms with Crippen molar-refractivity contribution in [3.63, 3.8) is 0 Å². The number of hydrogen-bond acceptors (Lipinski definition) is 4. The lowest BCUT2D eigenvalue weighted by Gasteiger charge is -2.32. The third-order valence-corrected chi connectivity index (χ3v) is 4.38. The molecule has 134 valence electrons. The number of hydrogen-bond donors (Lipinski definition) is 2. The van der Waals surface area contributed by atoms with E-state index in [1.807, 2.05) is 0 Å². The first-order chi connectivity index (χ1) is 12.5. The minimum atomic E-state index is -0.462. The highest BCUT2D eigenvalue weighted by atomic mass is 19.1. The second-order valence-electron chi connectivity index (χ2n) is 6.28. The Kier molecular flexibility index (Phi) is 4.04. The number of amides is 1. The van der Waals surface area contributed by atoms with E-state index in [9.17, 15) is 14.0 Å². The first-order valence-corrected chi connectivity index (χ1v) is 8.26. The molecule has 1 saturated heterocycles. The number of benzene rings is 1. The van der Waals surface area contributed by atoms with Gasteiger partial charge in [0.15, 0.2) is 0 Å². The number of aromatic nitrogens is 3. The third-order valence-electron chi connectivity index (χ3n) is 4.38. The number of aryl methyl sites for hydroxylation is 1. The molecule has 1 aliphatic heterocycles. The van der Waals surface area contributed by atoms with Gasteiger partial charge < -0.3 is 19.6 Å². The molecule has 2 N–H and O–H groups in total. The lowest BCUT2D eigenvalue weighted by Crippen LogP contribution is -2.42. The maximum Gasteiger partial charge on any atom is 0.270 e. The minimum Gasteiger partial charge on any atom is -0.368 e. The summed E-state index contributed by atoms with van der Waals surface area (Å²) in [5, 5.41) is 0.644. The number of aromatic amines is 2. The number of ether oxygens (including phenoxy) is 1. The smallest absolute Gasteiger partial charge is 0.270 e. The van der Waals surface area contributed by atoms with Crippen LogP contribution in [0.1, 0.15) is 28.1 Å². The van der Waals surface area contributed by atoms with E-state index in [4.69, 9.17) is 4.74 Å². The lowest BCUT2D eigenvalue weighted by atomic mass is 10.2. The fraction of sp³-hybridized carbons (Fsp3) is 0.278. The molecule has 26 heavy (non-hydrogen) atoms. The van der Waals surface area contributed by atoms with Gasteiger partial charge in [-0.3, -0.25) is 9.59 Å². The van der Waals surface area contributed by atoms with Crippen molar-refractivity contribution < 1.29 is 13.9 Å². The Bertz CT molecular complexity index is 1040. The molecule has 0 radical (unpaired) electrons. The second-order valence-corrected chi connectivity index (χ2v) is 6.28. The van der Waals surface area contributed by atoms with Gasteiger partial charge in [0.2, 0.25) is 0 Å². The van der Waals surface area contributed by atoms with Gasteiger partial charge in [0.05, 0.1) is 18.8 Å². The summed E-state index contributed by atoms with van der Waals surface area (Å²) >= 11 is 0. The first kappa shape index (κ1) is 16.5. The van der Waals surface area contributed by atoms with Crippen molar-refractivity contribution >= 4 is 16.8 Å². The zero-order valence-electron chi connectivity index (χ0n) is 14.1. The third kappa shape index (κ3) is 3.11. The van der Waals surface area contributed by atoms with Crippen LogP contribution in [0.15, 0.2) is 35.1 Å². The summed E-state index contributed by atoms with van der Waals surface area (Å²) in [7, 11) is 0. The number of nitrogens with zero attached hydrogens (tertiary/aromatic N) is 2. The molecule has 8 heteroatoms. The van der Waals surface area contributed by atoms with Crippen LogP contribution >= 0.6 is 0 Å². The van der Waals surface area contributed by atoms with Crippen LogP contribution in [-0.2, 0) is 4.74 Å². The Morgan fingerprint density at radius 2 is 2.15 bits per heavy atom. The molecule has 1 atom stereocenters. The van der Waals surface area contributed by atoms with Crippen LogP contribution in [0.2, 0.25) is 0 Å². The number of carbonyl (C=O) groups excluding carboxylic acids is 1. The number of morpholine rings is 1. The van der Waals surface area contributed by atoms with E-state index in [1.165, 1.54) is 18.2 Å². The van der Waals surface area contributed by atoms with Crippen LogP contribution in [-0.4, -0.2) is 45.5 Å². The highest BCUT2D eigenvalue weighted by Gasteiger charge is 2.28. The van der Waals surface area contributed by atoms with E-state index in [0.717, 1.165) is 0 Å². The van der Waals surface area contributed by atoms with Crippen LogP contribution < -0.4 is 5.56 Å². The zero-order valence-corrected chi connectivity index (χ0v) is 14.1. The van der Waals surface area contributed by atoms with Crippen molar-refractivity contribution in [2.45, 2.75) is 13.0 Å². The number of nitrogens with one attached hydrogen (secondary N) is 2. The highest BCUT2D eigenvalue weighted by molar-refractivity contribution is 5.98. The van der Waals surface area contributed by atoms with Crippen molar-refractivity contribution in [3.8, 4) is 0 Å².